The summed E-state index contributed by atoms with van der Waals surface area (Å²) >= 11 is 0. The molecule has 0 bridgehead atoms. The minimum Gasteiger partial charge on any atom is -0.480 e. The smallest absolute Gasteiger partial charge is 0.414 e. The number of hydrogen-bond acceptors (Lipinski definition) is 6. The number of ether oxygens (including phenoxy) is 1. The van der Waals surface area contributed by atoms with Crippen molar-refractivity contribution < 1.29 is 28.8 Å². The number of anilines is 1. The molecule has 0 fully saturated rings. The zero-order valence-electron chi connectivity index (χ0n) is 18.6. The second kappa shape index (κ2) is 10.2. The van der Waals surface area contributed by atoms with Gasteiger partial charge < -0.3 is 19.7 Å². The Bertz CT molecular complexity index is 1160. The van der Waals surface area contributed by atoms with Crippen LogP contribution in [-0.4, -0.2) is 40.9 Å². The fourth-order valence-corrected chi connectivity index (χ4v) is 4.07. The van der Waals surface area contributed by atoms with Crippen molar-refractivity contribution in [3.8, 4) is 11.1 Å². The van der Waals surface area contributed by atoms with Crippen molar-refractivity contribution in [3.63, 3.8) is 0 Å². The molecule has 3 aromatic rings. The summed E-state index contributed by atoms with van der Waals surface area (Å²) in [5.74, 6) is -2.00. The van der Waals surface area contributed by atoms with Gasteiger partial charge in [0.05, 0.1) is 0 Å². The number of aromatic nitrogens is 1. The van der Waals surface area contributed by atoms with Gasteiger partial charge >= 0.3 is 12.1 Å². The molecular formula is C25H25N3O6. The predicted molar refractivity (Wildman–Crippen MR) is 124 cm³/mol. The molecule has 0 saturated heterocycles. The molecule has 1 atom stereocenters. The number of fused-ring (bicyclic) bond motifs is 3. The van der Waals surface area contributed by atoms with Gasteiger partial charge in [-0.25, -0.2) is 9.59 Å². The highest BCUT2D eigenvalue weighted by Gasteiger charge is 2.29. The van der Waals surface area contributed by atoms with E-state index in [4.69, 9.17) is 9.26 Å². The number of nitrogens with one attached hydrogen (secondary N) is 2. The quantitative estimate of drug-likeness (QED) is 0.428. The Kier molecular flexibility index (Phi) is 6.91. The first-order chi connectivity index (χ1) is 16.5. The van der Waals surface area contributed by atoms with Crippen LogP contribution >= 0.6 is 0 Å². The van der Waals surface area contributed by atoms with E-state index in [0.717, 1.165) is 28.7 Å². The van der Waals surface area contributed by atoms with Gasteiger partial charge in [0.25, 0.3) is 5.91 Å². The van der Waals surface area contributed by atoms with Gasteiger partial charge in [-0.05, 0) is 28.7 Å². The molecule has 0 aliphatic heterocycles. The van der Waals surface area contributed by atoms with Gasteiger partial charge in [-0.15, -0.1) is 0 Å². The lowest BCUT2D eigenvalue weighted by Gasteiger charge is -2.14. The average Bonchev–Trinajstić information content (AvgIpc) is 3.43. The number of carboxylic acids is 1. The Hall–Kier alpha value is -4.14. The maximum absolute atomic E-state index is 12.4. The number of aliphatic carboxylic acids is 1. The highest BCUT2D eigenvalue weighted by molar-refractivity contribution is 5.96. The van der Waals surface area contributed by atoms with Crippen LogP contribution in [0.3, 0.4) is 0 Å². The summed E-state index contributed by atoms with van der Waals surface area (Å²) in [4.78, 5) is 36.0. The average molecular weight is 463 g/mol. The number of unbranched alkanes of at least 4 members (excludes halogenated alkanes) is 1. The lowest BCUT2D eigenvalue weighted by Crippen LogP contribution is -2.40. The Morgan fingerprint density at radius 2 is 1.74 bits per heavy atom. The van der Waals surface area contributed by atoms with Crippen LogP contribution in [-0.2, 0) is 9.53 Å². The van der Waals surface area contributed by atoms with Gasteiger partial charge in [-0.3, -0.25) is 10.1 Å². The largest absolute Gasteiger partial charge is 0.480 e. The predicted octanol–water partition coefficient (Wildman–Crippen LogP) is 4.41. The number of rotatable bonds is 9. The van der Waals surface area contributed by atoms with E-state index in [-0.39, 0.29) is 24.1 Å². The van der Waals surface area contributed by atoms with Crippen LogP contribution < -0.4 is 10.6 Å². The molecule has 0 unspecified atom stereocenters. The third kappa shape index (κ3) is 4.93. The normalized spacial score (nSPS) is 13.0. The van der Waals surface area contributed by atoms with Crippen LogP contribution in [0.5, 0.6) is 0 Å². The van der Waals surface area contributed by atoms with E-state index in [1.54, 1.807) is 0 Å². The zero-order chi connectivity index (χ0) is 24.1. The maximum Gasteiger partial charge on any atom is 0.414 e. The first-order valence-corrected chi connectivity index (χ1v) is 11.1. The lowest BCUT2D eigenvalue weighted by atomic mass is 9.98. The molecular weight excluding hydrogens is 438 g/mol. The number of amides is 2. The summed E-state index contributed by atoms with van der Waals surface area (Å²) in [7, 11) is 0. The molecule has 1 aliphatic carbocycles. The van der Waals surface area contributed by atoms with Crippen molar-refractivity contribution in [1.29, 1.82) is 0 Å². The molecule has 176 valence electrons. The molecule has 9 nitrogen and oxygen atoms in total. The summed E-state index contributed by atoms with van der Waals surface area (Å²) in [5, 5.41) is 17.7. The number of carboxylic acid groups (broad SMARTS) is 1. The Morgan fingerprint density at radius 3 is 2.35 bits per heavy atom. The van der Waals surface area contributed by atoms with Gasteiger partial charge in [0, 0.05) is 12.0 Å². The molecule has 4 rings (SSSR count). The maximum atomic E-state index is 12.4. The van der Waals surface area contributed by atoms with E-state index < -0.39 is 24.0 Å². The highest BCUT2D eigenvalue weighted by Crippen LogP contribution is 2.44. The van der Waals surface area contributed by atoms with Gasteiger partial charge in [-0.2, -0.15) is 0 Å². The molecule has 1 heterocycles. The van der Waals surface area contributed by atoms with Crippen molar-refractivity contribution in [2.24, 2.45) is 0 Å². The van der Waals surface area contributed by atoms with Gasteiger partial charge in [0.1, 0.15) is 12.6 Å². The molecule has 0 saturated carbocycles. The molecule has 2 amide bonds. The second-order valence-corrected chi connectivity index (χ2v) is 8.03. The fourth-order valence-electron chi connectivity index (χ4n) is 4.07. The van der Waals surface area contributed by atoms with Crippen LogP contribution in [0.2, 0.25) is 0 Å². The number of benzene rings is 2. The minimum absolute atomic E-state index is 0.0807. The standard InChI is InChI=1S/C25H25N3O6/c1-2-3-12-20(24(30)31)26-23(29)21-13-22(34-28-21)27-25(32)33-14-19-17-10-6-4-8-15(17)16-9-5-7-11-18(16)19/h4-11,13,19-20H,2-3,12,14H2,1H3,(H,26,29)(H,27,32)(H,30,31)/t20-/m0/s1. The number of carbonyl (C=O) groups is 3. The van der Waals surface area contributed by atoms with Crippen molar-refractivity contribution >= 4 is 23.9 Å². The molecule has 9 heteroatoms. The monoisotopic (exact) mass is 463 g/mol. The Balaban J connectivity index is 1.35. The summed E-state index contributed by atoms with van der Waals surface area (Å²) in [6.45, 7) is 2.05. The summed E-state index contributed by atoms with van der Waals surface area (Å²) in [6, 6.07) is 16.2. The first-order valence-electron chi connectivity index (χ1n) is 11.1. The molecule has 0 radical (unpaired) electrons. The van der Waals surface area contributed by atoms with Crippen molar-refractivity contribution in [1.82, 2.24) is 10.5 Å². The molecule has 1 aromatic heterocycles. The lowest BCUT2D eigenvalue weighted by molar-refractivity contribution is -0.139. The second-order valence-electron chi connectivity index (χ2n) is 8.03. The van der Waals surface area contributed by atoms with Crippen LogP contribution in [0.25, 0.3) is 11.1 Å². The van der Waals surface area contributed by atoms with E-state index in [9.17, 15) is 19.5 Å². The number of carbonyl (C=O) groups excluding carboxylic acids is 2. The van der Waals surface area contributed by atoms with Crippen LogP contribution in [0, 0.1) is 0 Å². The van der Waals surface area contributed by atoms with Crippen LogP contribution in [0.4, 0.5) is 10.7 Å². The number of nitrogens with zero attached hydrogens (tertiary/aromatic N) is 1. The summed E-state index contributed by atoms with van der Waals surface area (Å²) in [6.07, 6.45) is 1.01. The SMILES string of the molecule is CCCC[C@H](NC(=O)c1cc(NC(=O)OCC2c3ccccc3-c3ccccc32)on1)C(=O)O. The van der Waals surface area contributed by atoms with Gasteiger partial charge in [-0.1, -0.05) is 73.5 Å². The highest BCUT2D eigenvalue weighted by atomic mass is 16.6. The zero-order valence-corrected chi connectivity index (χ0v) is 18.6. The van der Waals surface area contributed by atoms with E-state index >= 15 is 0 Å². The van der Waals surface area contributed by atoms with Crippen molar-refractivity contribution in [2.45, 2.75) is 38.1 Å². The topological polar surface area (TPSA) is 131 Å². The van der Waals surface area contributed by atoms with E-state index in [1.165, 1.54) is 6.07 Å². The Labute approximate surface area is 196 Å². The van der Waals surface area contributed by atoms with Crippen molar-refractivity contribution in [3.05, 3.63) is 71.4 Å². The Morgan fingerprint density at radius 1 is 1.09 bits per heavy atom. The van der Waals surface area contributed by atoms with Crippen molar-refractivity contribution in [2.75, 3.05) is 11.9 Å². The molecule has 2 aromatic carbocycles. The van der Waals surface area contributed by atoms with Crippen LogP contribution in [0.1, 0.15) is 53.7 Å². The third-order valence-electron chi connectivity index (χ3n) is 5.76. The van der Waals surface area contributed by atoms with E-state index in [1.807, 2.05) is 55.5 Å². The summed E-state index contributed by atoms with van der Waals surface area (Å²) < 4.78 is 10.4. The third-order valence-corrected chi connectivity index (χ3v) is 5.76. The molecule has 34 heavy (non-hydrogen) atoms. The van der Waals surface area contributed by atoms with Gasteiger partial charge in [0.2, 0.25) is 5.88 Å². The first kappa shape index (κ1) is 23.0. The minimum atomic E-state index is -1.12. The molecule has 1 aliphatic rings. The fraction of sp³-hybridized carbons (Fsp3) is 0.280. The van der Waals surface area contributed by atoms with E-state index in [0.29, 0.717) is 12.8 Å². The summed E-state index contributed by atoms with van der Waals surface area (Å²) in [5.41, 5.74) is 4.28. The molecule has 0 spiro atoms. The van der Waals surface area contributed by atoms with E-state index in [2.05, 4.69) is 15.8 Å². The van der Waals surface area contributed by atoms with Gasteiger partial charge in [0.15, 0.2) is 5.69 Å². The molecule has 3 N–H and O–H groups in total. The van der Waals surface area contributed by atoms with Crippen LogP contribution in [0.15, 0.2) is 59.1 Å². The number of hydrogen-bond donors (Lipinski definition) is 3.